The van der Waals surface area contributed by atoms with Gasteiger partial charge in [0.1, 0.15) is 5.82 Å². The third-order valence-electron chi connectivity index (χ3n) is 3.60. The van der Waals surface area contributed by atoms with Crippen LogP contribution in [0.25, 0.3) is 0 Å². The third kappa shape index (κ3) is 4.58. The Morgan fingerprint density at radius 2 is 2.10 bits per heavy atom. The van der Waals surface area contributed by atoms with Crippen molar-refractivity contribution in [2.45, 2.75) is 46.1 Å². The summed E-state index contributed by atoms with van der Waals surface area (Å²) in [6, 6.07) is 2.31. The Morgan fingerprint density at radius 1 is 1.38 bits per heavy atom. The quantitative estimate of drug-likeness (QED) is 0.864. The van der Waals surface area contributed by atoms with E-state index in [1.807, 2.05) is 13.0 Å². The second-order valence-corrected chi connectivity index (χ2v) is 5.58. The average molecular weight is 291 g/mol. The van der Waals surface area contributed by atoms with Crippen molar-refractivity contribution in [1.82, 2.24) is 15.3 Å². The lowest BCUT2D eigenvalue weighted by Gasteiger charge is -2.33. The molecule has 21 heavy (non-hydrogen) atoms. The van der Waals surface area contributed by atoms with Gasteiger partial charge in [0, 0.05) is 44.4 Å². The summed E-state index contributed by atoms with van der Waals surface area (Å²) in [5.41, 5.74) is 0.975. The van der Waals surface area contributed by atoms with E-state index in [-0.39, 0.29) is 5.91 Å². The lowest BCUT2D eigenvalue weighted by molar-refractivity contribution is -0.119. The molecular formula is C15H25N5O. The SMILES string of the molecule is CCCNc1nc(C)cc(N2CCC(NC(C)=O)CC2)n1. The molecular weight excluding hydrogens is 266 g/mol. The van der Waals surface area contributed by atoms with E-state index in [2.05, 4.69) is 32.4 Å². The van der Waals surface area contributed by atoms with Gasteiger partial charge in [0.2, 0.25) is 11.9 Å². The normalized spacial score (nSPS) is 15.9. The standard InChI is InChI=1S/C15H25N5O/c1-4-7-16-15-17-11(2)10-14(19-15)20-8-5-13(6-9-20)18-12(3)21/h10,13H,4-9H2,1-3H3,(H,18,21)(H,16,17,19). The fourth-order valence-corrected chi connectivity index (χ4v) is 2.57. The maximum absolute atomic E-state index is 11.1. The number of nitrogens with one attached hydrogen (secondary N) is 2. The molecule has 1 aliphatic heterocycles. The van der Waals surface area contributed by atoms with E-state index in [4.69, 9.17) is 0 Å². The van der Waals surface area contributed by atoms with Crippen LogP contribution in [0.4, 0.5) is 11.8 Å². The molecule has 0 bridgehead atoms. The summed E-state index contributed by atoms with van der Waals surface area (Å²) in [6.45, 7) is 8.39. The fraction of sp³-hybridized carbons (Fsp3) is 0.667. The number of aryl methyl sites for hydroxylation is 1. The molecule has 1 fully saturated rings. The molecule has 0 atom stereocenters. The zero-order valence-corrected chi connectivity index (χ0v) is 13.1. The van der Waals surface area contributed by atoms with Gasteiger partial charge in [0.15, 0.2) is 0 Å². The van der Waals surface area contributed by atoms with Gasteiger partial charge in [-0.05, 0) is 26.2 Å². The van der Waals surface area contributed by atoms with Gasteiger partial charge in [0.25, 0.3) is 0 Å². The zero-order valence-electron chi connectivity index (χ0n) is 13.1. The number of carbonyl (C=O) groups excluding carboxylic acids is 1. The summed E-state index contributed by atoms with van der Waals surface area (Å²) in [6.07, 6.45) is 2.97. The highest BCUT2D eigenvalue weighted by Gasteiger charge is 2.21. The molecule has 0 spiro atoms. The summed E-state index contributed by atoms with van der Waals surface area (Å²) >= 11 is 0. The van der Waals surface area contributed by atoms with Crippen molar-refractivity contribution >= 4 is 17.7 Å². The number of carbonyl (C=O) groups is 1. The lowest BCUT2D eigenvalue weighted by atomic mass is 10.1. The van der Waals surface area contributed by atoms with E-state index < -0.39 is 0 Å². The van der Waals surface area contributed by atoms with E-state index in [0.717, 1.165) is 50.4 Å². The first-order valence-electron chi connectivity index (χ1n) is 7.70. The van der Waals surface area contributed by atoms with Gasteiger partial charge < -0.3 is 15.5 Å². The Bertz CT molecular complexity index is 483. The van der Waals surface area contributed by atoms with Crippen LogP contribution in [0.15, 0.2) is 6.07 Å². The van der Waals surface area contributed by atoms with Crippen LogP contribution < -0.4 is 15.5 Å². The molecule has 1 saturated heterocycles. The smallest absolute Gasteiger partial charge is 0.224 e. The maximum Gasteiger partial charge on any atom is 0.224 e. The molecule has 0 aliphatic carbocycles. The van der Waals surface area contributed by atoms with Crippen molar-refractivity contribution in [2.75, 3.05) is 29.9 Å². The molecule has 2 heterocycles. The monoisotopic (exact) mass is 291 g/mol. The van der Waals surface area contributed by atoms with E-state index in [1.54, 1.807) is 6.92 Å². The van der Waals surface area contributed by atoms with Crippen LogP contribution in [0.3, 0.4) is 0 Å². The molecule has 116 valence electrons. The molecule has 0 radical (unpaired) electrons. The number of anilines is 2. The van der Waals surface area contributed by atoms with Gasteiger partial charge >= 0.3 is 0 Å². The van der Waals surface area contributed by atoms with Gasteiger partial charge in [-0.1, -0.05) is 6.92 Å². The number of piperidine rings is 1. The van der Waals surface area contributed by atoms with Crippen LogP contribution in [0.5, 0.6) is 0 Å². The summed E-state index contributed by atoms with van der Waals surface area (Å²) in [4.78, 5) is 22.4. The molecule has 0 unspecified atom stereocenters. The number of amides is 1. The van der Waals surface area contributed by atoms with E-state index in [9.17, 15) is 4.79 Å². The van der Waals surface area contributed by atoms with Crippen molar-refractivity contribution in [3.8, 4) is 0 Å². The number of hydrogen-bond acceptors (Lipinski definition) is 5. The van der Waals surface area contributed by atoms with Crippen molar-refractivity contribution in [1.29, 1.82) is 0 Å². The van der Waals surface area contributed by atoms with E-state index in [1.165, 1.54) is 0 Å². The Balaban J connectivity index is 1.99. The first kappa shape index (κ1) is 15.5. The van der Waals surface area contributed by atoms with E-state index >= 15 is 0 Å². The van der Waals surface area contributed by atoms with E-state index in [0.29, 0.717) is 12.0 Å². The largest absolute Gasteiger partial charge is 0.356 e. The molecule has 1 amide bonds. The second-order valence-electron chi connectivity index (χ2n) is 5.58. The first-order valence-corrected chi connectivity index (χ1v) is 7.70. The van der Waals surface area contributed by atoms with Crippen molar-refractivity contribution < 1.29 is 4.79 Å². The highest BCUT2D eigenvalue weighted by molar-refractivity contribution is 5.73. The summed E-state index contributed by atoms with van der Waals surface area (Å²) in [5, 5.41) is 6.24. The van der Waals surface area contributed by atoms with Crippen LogP contribution in [0.1, 0.15) is 38.8 Å². The highest BCUT2D eigenvalue weighted by atomic mass is 16.1. The Morgan fingerprint density at radius 3 is 2.71 bits per heavy atom. The van der Waals surface area contributed by atoms with Crippen LogP contribution in [-0.2, 0) is 4.79 Å². The Hall–Kier alpha value is -1.85. The number of rotatable bonds is 5. The lowest BCUT2D eigenvalue weighted by Crippen LogP contribution is -2.44. The maximum atomic E-state index is 11.1. The van der Waals surface area contributed by atoms with Gasteiger partial charge in [-0.3, -0.25) is 4.79 Å². The molecule has 0 saturated carbocycles. The summed E-state index contributed by atoms with van der Waals surface area (Å²) < 4.78 is 0. The minimum Gasteiger partial charge on any atom is -0.356 e. The van der Waals surface area contributed by atoms with Crippen LogP contribution in [-0.4, -0.2) is 41.6 Å². The van der Waals surface area contributed by atoms with Crippen molar-refractivity contribution in [2.24, 2.45) is 0 Å². The molecule has 2 rings (SSSR count). The Kier molecular flexibility index (Phi) is 5.36. The Labute approximate surface area is 126 Å². The van der Waals surface area contributed by atoms with Gasteiger partial charge in [-0.2, -0.15) is 4.98 Å². The average Bonchev–Trinajstić information content (AvgIpc) is 2.44. The second kappa shape index (κ2) is 7.24. The third-order valence-corrected chi connectivity index (χ3v) is 3.60. The van der Waals surface area contributed by atoms with Crippen molar-refractivity contribution in [3.63, 3.8) is 0 Å². The molecule has 1 aromatic heterocycles. The molecule has 6 heteroatoms. The summed E-state index contributed by atoms with van der Waals surface area (Å²) in [5.74, 6) is 1.73. The fourth-order valence-electron chi connectivity index (χ4n) is 2.57. The van der Waals surface area contributed by atoms with Gasteiger partial charge in [-0.25, -0.2) is 4.98 Å². The number of nitrogens with zero attached hydrogens (tertiary/aromatic N) is 3. The van der Waals surface area contributed by atoms with Crippen LogP contribution in [0, 0.1) is 6.92 Å². The molecule has 1 aromatic rings. The summed E-state index contributed by atoms with van der Waals surface area (Å²) in [7, 11) is 0. The van der Waals surface area contributed by atoms with Crippen LogP contribution >= 0.6 is 0 Å². The molecule has 6 nitrogen and oxygen atoms in total. The van der Waals surface area contributed by atoms with Gasteiger partial charge in [0.05, 0.1) is 0 Å². The molecule has 1 aliphatic rings. The molecule has 2 N–H and O–H groups in total. The topological polar surface area (TPSA) is 70.2 Å². The first-order chi connectivity index (χ1) is 10.1. The minimum absolute atomic E-state index is 0.0531. The minimum atomic E-state index is 0.0531. The van der Waals surface area contributed by atoms with Gasteiger partial charge in [-0.15, -0.1) is 0 Å². The molecule has 0 aromatic carbocycles. The number of hydrogen-bond donors (Lipinski definition) is 2. The van der Waals surface area contributed by atoms with Crippen LogP contribution in [0.2, 0.25) is 0 Å². The highest BCUT2D eigenvalue weighted by Crippen LogP contribution is 2.20. The van der Waals surface area contributed by atoms with Crippen molar-refractivity contribution in [3.05, 3.63) is 11.8 Å². The predicted octanol–water partition coefficient (Wildman–Crippen LogP) is 1.71. The predicted molar refractivity (Wildman–Crippen MR) is 84.6 cm³/mol. The zero-order chi connectivity index (χ0) is 15.2. The number of aromatic nitrogens is 2.